The zero-order valence-corrected chi connectivity index (χ0v) is 8.67. The molecule has 1 nitrogen and oxygen atoms in total. The van der Waals surface area contributed by atoms with Gasteiger partial charge in [0.25, 0.3) is 0 Å². The second kappa shape index (κ2) is 2.57. The Kier molecular flexibility index (Phi) is 1.82. The Labute approximate surface area is 78.5 Å². The van der Waals surface area contributed by atoms with Crippen LogP contribution in [0.2, 0.25) is 0 Å². The van der Waals surface area contributed by atoms with Crippen molar-refractivity contribution in [1.29, 1.82) is 0 Å². The zero-order chi connectivity index (χ0) is 7.90. The quantitative estimate of drug-likeness (QED) is 0.724. The number of thiophene rings is 1. The van der Waals surface area contributed by atoms with Crippen molar-refractivity contribution in [2.45, 2.75) is 18.9 Å². The molecule has 0 saturated carbocycles. The fourth-order valence-corrected chi connectivity index (χ4v) is 2.77. The van der Waals surface area contributed by atoms with Gasteiger partial charge >= 0.3 is 0 Å². The second-order valence-electron chi connectivity index (χ2n) is 2.96. The minimum absolute atomic E-state index is 0.0245. The minimum Gasteiger partial charge on any atom is -0.370 e. The monoisotopic (exact) mass is 232 g/mol. The summed E-state index contributed by atoms with van der Waals surface area (Å²) in [7, 11) is 0. The molecule has 0 bridgehead atoms. The Balaban J connectivity index is 2.28. The summed E-state index contributed by atoms with van der Waals surface area (Å²) in [6.07, 6.45) is 1.15. The highest BCUT2D eigenvalue weighted by molar-refractivity contribution is 9.10. The van der Waals surface area contributed by atoms with Crippen LogP contribution >= 0.6 is 27.3 Å². The molecular formula is C8H9BrOS. The van der Waals surface area contributed by atoms with E-state index in [0.29, 0.717) is 0 Å². The van der Waals surface area contributed by atoms with Gasteiger partial charge in [0.15, 0.2) is 0 Å². The lowest BCUT2D eigenvalue weighted by atomic mass is 9.96. The molecule has 0 N–H and O–H groups in total. The molecule has 1 unspecified atom stereocenters. The van der Waals surface area contributed by atoms with E-state index in [0.717, 1.165) is 17.5 Å². The fourth-order valence-electron chi connectivity index (χ4n) is 1.19. The molecule has 0 aliphatic carbocycles. The molecule has 1 aromatic heterocycles. The molecule has 1 saturated heterocycles. The average molecular weight is 233 g/mol. The first kappa shape index (κ1) is 7.77. The SMILES string of the molecule is CC1(c2cc(Br)cs2)CCO1. The topological polar surface area (TPSA) is 9.23 Å². The van der Waals surface area contributed by atoms with Gasteiger partial charge in [-0.05, 0) is 28.9 Å². The number of halogens is 1. The van der Waals surface area contributed by atoms with E-state index in [-0.39, 0.29) is 5.60 Å². The van der Waals surface area contributed by atoms with E-state index in [4.69, 9.17) is 4.74 Å². The maximum Gasteiger partial charge on any atom is 0.102 e. The maximum absolute atomic E-state index is 5.51. The number of rotatable bonds is 1. The molecule has 1 aliphatic heterocycles. The fraction of sp³-hybridized carbons (Fsp3) is 0.500. The van der Waals surface area contributed by atoms with Crippen LogP contribution in [0, 0.1) is 0 Å². The van der Waals surface area contributed by atoms with E-state index >= 15 is 0 Å². The van der Waals surface area contributed by atoms with Gasteiger partial charge in [-0.15, -0.1) is 11.3 Å². The number of ether oxygens (including phenoxy) is 1. The normalized spacial score (nSPS) is 30.0. The predicted octanol–water partition coefficient (Wildman–Crippen LogP) is 3.15. The lowest BCUT2D eigenvalue weighted by Gasteiger charge is -2.37. The van der Waals surface area contributed by atoms with Crippen molar-refractivity contribution in [2.24, 2.45) is 0 Å². The summed E-state index contributed by atoms with van der Waals surface area (Å²) < 4.78 is 6.67. The molecule has 1 aromatic rings. The first-order chi connectivity index (χ1) is 5.21. The van der Waals surface area contributed by atoms with E-state index in [1.54, 1.807) is 11.3 Å². The zero-order valence-electron chi connectivity index (χ0n) is 6.26. The Bertz CT molecular complexity index is 265. The van der Waals surface area contributed by atoms with Crippen molar-refractivity contribution in [3.63, 3.8) is 0 Å². The Morgan fingerprint density at radius 3 is 2.82 bits per heavy atom. The van der Waals surface area contributed by atoms with Crippen molar-refractivity contribution in [2.75, 3.05) is 6.61 Å². The molecule has 11 heavy (non-hydrogen) atoms. The largest absolute Gasteiger partial charge is 0.370 e. The lowest BCUT2D eigenvalue weighted by molar-refractivity contribution is -0.138. The van der Waals surface area contributed by atoms with Crippen LogP contribution in [0.5, 0.6) is 0 Å². The average Bonchev–Trinajstić information content (AvgIpc) is 2.31. The van der Waals surface area contributed by atoms with E-state index in [2.05, 4.69) is 34.3 Å². The van der Waals surface area contributed by atoms with Crippen LogP contribution in [0.25, 0.3) is 0 Å². The van der Waals surface area contributed by atoms with Crippen molar-refractivity contribution in [3.05, 3.63) is 20.8 Å². The van der Waals surface area contributed by atoms with Gasteiger partial charge in [-0.2, -0.15) is 0 Å². The molecule has 0 spiro atoms. The molecule has 1 fully saturated rings. The molecular weight excluding hydrogens is 224 g/mol. The van der Waals surface area contributed by atoms with Gasteiger partial charge in [0.1, 0.15) is 5.60 Å². The van der Waals surface area contributed by atoms with Gasteiger partial charge in [0, 0.05) is 21.2 Å². The molecule has 3 heteroatoms. The molecule has 60 valence electrons. The molecule has 0 aromatic carbocycles. The third-order valence-corrected chi connectivity index (χ3v) is 4.02. The highest BCUT2D eigenvalue weighted by Crippen LogP contribution is 2.40. The molecule has 0 amide bonds. The van der Waals surface area contributed by atoms with Gasteiger partial charge < -0.3 is 4.74 Å². The highest BCUT2D eigenvalue weighted by atomic mass is 79.9. The Hall–Kier alpha value is 0.140. The lowest BCUT2D eigenvalue weighted by Crippen LogP contribution is -2.36. The standard InChI is InChI=1S/C8H9BrOS/c1-8(2-3-10-8)7-4-6(9)5-11-7/h4-5H,2-3H2,1H3. The molecule has 1 atom stereocenters. The van der Waals surface area contributed by atoms with Crippen molar-refractivity contribution >= 4 is 27.3 Å². The molecule has 1 aliphatic rings. The van der Waals surface area contributed by atoms with E-state index in [1.165, 1.54) is 4.88 Å². The summed E-state index contributed by atoms with van der Waals surface area (Å²) in [5.74, 6) is 0. The summed E-state index contributed by atoms with van der Waals surface area (Å²) in [6, 6.07) is 2.14. The van der Waals surface area contributed by atoms with Crippen LogP contribution < -0.4 is 0 Å². The summed E-state index contributed by atoms with van der Waals surface area (Å²) >= 11 is 5.19. The summed E-state index contributed by atoms with van der Waals surface area (Å²) in [6.45, 7) is 3.06. The first-order valence-corrected chi connectivity index (χ1v) is 5.26. The third-order valence-electron chi connectivity index (χ3n) is 2.09. The summed E-state index contributed by atoms with van der Waals surface area (Å²) in [4.78, 5) is 1.33. The highest BCUT2D eigenvalue weighted by Gasteiger charge is 2.36. The molecule has 0 radical (unpaired) electrons. The predicted molar refractivity (Wildman–Crippen MR) is 49.9 cm³/mol. The Morgan fingerprint density at radius 2 is 2.45 bits per heavy atom. The van der Waals surface area contributed by atoms with Gasteiger partial charge in [0.2, 0.25) is 0 Å². The first-order valence-electron chi connectivity index (χ1n) is 3.59. The van der Waals surface area contributed by atoms with Crippen molar-refractivity contribution < 1.29 is 4.74 Å². The number of hydrogen-bond acceptors (Lipinski definition) is 2. The minimum atomic E-state index is 0.0245. The van der Waals surface area contributed by atoms with Crippen molar-refractivity contribution in [1.82, 2.24) is 0 Å². The van der Waals surface area contributed by atoms with Crippen LogP contribution in [0.1, 0.15) is 18.2 Å². The second-order valence-corrected chi connectivity index (χ2v) is 4.79. The van der Waals surface area contributed by atoms with Gasteiger partial charge in [0.05, 0.1) is 6.61 Å². The smallest absolute Gasteiger partial charge is 0.102 e. The summed E-state index contributed by atoms with van der Waals surface area (Å²) in [5, 5.41) is 2.10. The van der Waals surface area contributed by atoms with E-state index < -0.39 is 0 Å². The van der Waals surface area contributed by atoms with Gasteiger partial charge in [-0.25, -0.2) is 0 Å². The number of hydrogen-bond donors (Lipinski definition) is 0. The Morgan fingerprint density at radius 1 is 1.73 bits per heavy atom. The third kappa shape index (κ3) is 1.25. The summed E-state index contributed by atoms with van der Waals surface area (Å²) in [5.41, 5.74) is 0.0245. The molecule has 2 rings (SSSR count). The molecule has 2 heterocycles. The van der Waals surface area contributed by atoms with Crippen molar-refractivity contribution in [3.8, 4) is 0 Å². The van der Waals surface area contributed by atoms with E-state index in [9.17, 15) is 0 Å². The van der Waals surface area contributed by atoms with Crippen LogP contribution in [0.4, 0.5) is 0 Å². The maximum atomic E-state index is 5.51. The van der Waals surface area contributed by atoms with Crippen LogP contribution in [-0.2, 0) is 10.3 Å². The van der Waals surface area contributed by atoms with E-state index in [1.807, 2.05) is 0 Å². The van der Waals surface area contributed by atoms with Crippen LogP contribution in [0.15, 0.2) is 15.9 Å². The van der Waals surface area contributed by atoms with Crippen LogP contribution in [0.3, 0.4) is 0 Å². The van der Waals surface area contributed by atoms with Gasteiger partial charge in [-0.1, -0.05) is 0 Å². The van der Waals surface area contributed by atoms with Crippen LogP contribution in [-0.4, -0.2) is 6.61 Å². The van der Waals surface area contributed by atoms with Gasteiger partial charge in [-0.3, -0.25) is 0 Å².